The minimum absolute atomic E-state index is 0.0265. The van der Waals surface area contributed by atoms with Crippen LogP contribution in [-0.4, -0.2) is 52.4 Å². The van der Waals surface area contributed by atoms with E-state index >= 15 is 0 Å². The maximum Gasteiger partial charge on any atom is 0.235 e. The predicted molar refractivity (Wildman–Crippen MR) is 132 cm³/mol. The number of fused-ring (bicyclic) bond motifs is 4. The van der Waals surface area contributed by atoms with Crippen molar-refractivity contribution in [1.29, 1.82) is 0 Å². The quantitative estimate of drug-likeness (QED) is 0.384. The zero-order valence-electron chi connectivity index (χ0n) is 20.8. The van der Waals surface area contributed by atoms with Crippen molar-refractivity contribution in [1.82, 2.24) is 10.3 Å². The number of nitrogens with one attached hydrogen (secondary N) is 2. The lowest BCUT2D eigenvalue weighted by Crippen LogP contribution is -2.59. The zero-order chi connectivity index (χ0) is 25.0. The highest BCUT2D eigenvalue weighted by atomic mass is 16.6. The number of H-pyrrole nitrogens is 1. The fourth-order valence-corrected chi connectivity index (χ4v) is 7.74. The van der Waals surface area contributed by atoms with Crippen LogP contribution in [0.1, 0.15) is 39.3 Å². The predicted octanol–water partition coefficient (Wildman–Crippen LogP) is 3.13. The summed E-state index contributed by atoms with van der Waals surface area (Å²) < 4.78 is 12.0. The third-order valence-electron chi connectivity index (χ3n) is 9.77. The van der Waals surface area contributed by atoms with Gasteiger partial charge in [-0.05, 0) is 42.7 Å². The topological polar surface area (TPSA) is 104 Å². The number of amides is 1. The Bertz CT molecular complexity index is 1300. The Kier molecular flexibility index (Phi) is 4.60. The molecule has 188 valence electrons. The molecule has 1 spiro atoms. The van der Waals surface area contributed by atoms with Crippen molar-refractivity contribution < 1.29 is 23.9 Å². The minimum atomic E-state index is -1.31. The van der Waals surface area contributed by atoms with Crippen LogP contribution in [0, 0.1) is 29.1 Å². The van der Waals surface area contributed by atoms with Gasteiger partial charge in [-0.2, -0.15) is 0 Å². The molecule has 4 heterocycles. The van der Waals surface area contributed by atoms with Gasteiger partial charge in [0, 0.05) is 41.9 Å². The first-order chi connectivity index (χ1) is 17.2. The van der Waals surface area contributed by atoms with Crippen LogP contribution in [0.4, 0.5) is 0 Å². The summed E-state index contributed by atoms with van der Waals surface area (Å²) in [6.07, 6.45) is 4.02. The van der Waals surface area contributed by atoms with E-state index in [1.165, 1.54) is 0 Å². The molecule has 5 aliphatic rings. The summed E-state index contributed by atoms with van der Waals surface area (Å²) >= 11 is 0. The number of rotatable bonds is 2. The Balaban J connectivity index is 1.33. The molecule has 10 atom stereocenters. The lowest BCUT2D eigenvalue weighted by atomic mass is 9.51. The molecule has 2 aliphatic carbocycles. The molecule has 1 aromatic carbocycles. The second-order valence-corrected chi connectivity index (χ2v) is 11.9. The van der Waals surface area contributed by atoms with Gasteiger partial charge < -0.3 is 19.8 Å². The highest BCUT2D eigenvalue weighted by Crippen LogP contribution is 2.66. The van der Waals surface area contributed by atoms with Crippen LogP contribution in [0.2, 0.25) is 0 Å². The highest BCUT2D eigenvalue weighted by Gasteiger charge is 2.80. The number of Topliss-reactive ketones (excluding diaryl/α,β-unsaturated/α-hetero) is 2. The number of aromatic nitrogens is 1. The van der Waals surface area contributed by atoms with Crippen molar-refractivity contribution in [3.8, 4) is 0 Å². The van der Waals surface area contributed by atoms with E-state index in [1.807, 2.05) is 31.2 Å². The Morgan fingerprint density at radius 1 is 1.11 bits per heavy atom. The van der Waals surface area contributed by atoms with Gasteiger partial charge in [-0.3, -0.25) is 14.4 Å². The summed E-state index contributed by atoms with van der Waals surface area (Å²) in [5.41, 5.74) is 0.380. The average Bonchev–Trinajstić information content (AvgIpc) is 3.70. The van der Waals surface area contributed by atoms with Crippen molar-refractivity contribution in [3.63, 3.8) is 0 Å². The average molecular weight is 489 g/mol. The lowest BCUT2D eigenvalue weighted by molar-refractivity contribution is -0.149. The van der Waals surface area contributed by atoms with Crippen molar-refractivity contribution in [2.75, 3.05) is 0 Å². The Morgan fingerprint density at radius 3 is 2.72 bits per heavy atom. The van der Waals surface area contributed by atoms with Gasteiger partial charge in [-0.1, -0.05) is 44.2 Å². The van der Waals surface area contributed by atoms with E-state index in [9.17, 15) is 14.4 Å². The normalized spacial score (nSPS) is 46.1. The van der Waals surface area contributed by atoms with E-state index in [0.29, 0.717) is 19.3 Å². The molecule has 3 saturated heterocycles. The molecule has 0 radical (unpaired) electrons. The minimum Gasteiger partial charge on any atom is -0.365 e. The number of aromatic amines is 1. The Labute approximate surface area is 210 Å². The molecular weight excluding hydrogens is 456 g/mol. The van der Waals surface area contributed by atoms with Crippen molar-refractivity contribution in [3.05, 3.63) is 48.2 Å². The summed E-state index contributed by atoms with van der Waals surface area (Å²) in [5, 5.41) is 4.37. The van der Waals surface area contributed by atoms with Gasteiger partial charge in [-0.25, -0.2) is 0 Å². The lowest BCUT2D eigenvalue weighted by Gasteiger charge is -2.45. The molecule has 7 nitrogen and oxygen atoms in total. The first-order valence-electron chi connectivity index (χ1n) is 13.2. The third-order valence-corrected chi connectivity index (χ3v) is 9.77. The van der Waals surface area contributed by atoms with Crippen LogP contribution in [-0.2, 0) is 30.3 Å². The van der Waals surface area contributed by atoms with E-state index in [1.54, 1.807) is 0 Å². The van der Waals surface area contributed by atoms with Crippen molar-refractivity contribution in [2.24, 2.45) is 29.1 Å². The Hall–Kier alpha value is -2.77. The maximum atomic E-state index is 14.3. The molecule has 4 fully saturated rings. The number of ether oxygens (including phenoxy) is 2. The van der Waals surface area contributed by atoms with Crippen LogP contribution in [0.5, 0.6) is 0 Å². The summed E-state index contributed by atoms with van der Waals surface area (Å²) in [7, 11) is 0. The number of para-hydroxylation sites is 1. The van der Waals surface area contributed by atoms with Crippen LogP contribution in [0.15, 0.2) is 42.5 Å². The number of carbonyl (C=O) groups is 3. The van der Waals surface area contributed by atoms with Gasteiger partial charge in [0.25, 0.3) is 0 Å². The van der Waals surface area contributed by atoms with Gasteiger partial charge in [0.1, 0.15) is 11.5 Å². The smallest absolute Gasteiger partial charge is 0.235 e. The number of allylic oxidation sites excluding steroid dienone is 1. The number of hydrogen-bond acceptors (Lipinski definition) is 5. The van der Waals surface area contributed by atoms with E-state index in [4.69, 9.17) is 9.47 Å². The van der Waals surface area contributed by atoms with E-state index < -0.39 is 17.6 Å². The molecule has 7 rings (SSSR count). The summed E-state index contributed by atoms with van der Waals surface area (Å²) in [5.74, 6) is -1.05. The van der Waals surface area contributed by atoms with Gasteiger partial charge >= 0.3 is 0 Å². The van der Waals surface area contributed by atoms with Gasteiger partial charge in [0.05, 0.1) is 11.7 Å². The molecule has 0 bridgehead atoms. The monoisotopic (exact) mass is 488 g/mol. The van der Waals surface area contributed by atoms with Gasteiger partial charge in [0.2, 0.25) is 5.91 Å². The van der Waals surface area contributed by atoms with Crippen molar-refractivity contribution in [2.45, 2.75) is 70.0 Å². The zero-order valence-corrected chi connectivity index (χ0v) is 20.8. The van der Waals surface area contributed by atoms with E-state index in [-0.39, 0.29) is 58.9 Å². The summed E-state index contributed by atoms with van der Waals surface area (Å²) in [4.78, 5) is 44.7. The highest BCUT2D eigenvalue weighted by molar-refractivity contribution is 6.13. The number of carbonyl (C=O) groups excluding carboxylic acids is 3. The van der Waals surface area contributed by atoms with Crippen LogP contribution in [0.3, 0.4) is 0 Å². The molecule has 2 N–H and O–H groups in total. The molecule has 2 unspecified atom stereocenters. The third kappa shape index (κ3) is 2.90. The molecule has 1 saturated carbocycles. The second kappa shape index (κ2) is 7.39. The fraction of sp³-hybridized carbons (Fsp3) is 0.552. The Morgan fingerprint density at radius 2 is 1.92 bits per heavy atom. The molecule has 7 heteroatoms. The largest absolute Gasteiger partial charge is 0.365 e. The SMILES string of the molecule is CC1C/C=C/[C@H]2[C@@H]3O[C@]3(C)C(C)[C@H]3[C@H](Cc4cc5ccccc5[nH]4)NC(=O)[C@]23C(=O)[C@H]2O[C@H]2C(=O)C1. The summed E-state index contributed by atoms with van der Waals surface area (Å²) in [6, 6.07) is 9.99. The number of ketones is 2. The summed E-state index contributed by atoms with van der Waals surface area (Å²) in [6.45, 7) is 6.26. The first-order valence-corrected chi connectivity index (χ1v) is 13.2. The van der Waals surface area contributed by atoms with Crippen LogP contribution in [0.25, 0.3) is 10.9 Å². The molecule has 1 aromatic heterocycles. The maximum absolute atomic E-state index is 14.3. The molecule has 1 amide bonds. The second-order valence-electron chi connectivity index (χ2n) is 11.9. The van der Waals surface area contributed by atoms with E-state index in [0.717, 1.165) is 16.6 Å². The number of hydrogen-bond donors (Lipinski definition) is 2. The standard InChI is InChI=1S/C29H32N2O5/c1-14-7-6-9-18-26-28(3,36-26)15(2)22-20(13-17-12-16-8-4-5-10-19(16)30-17)31-27(34)29(18,22)25(33)24-23(35-24)21(32)11-14/h4-6,8-10,12,14-15,18,20,22-24,26,30H,7,11,13H2,1-3H3,(H,31,34)/b9-6+/t14?,15?,18-,20-,22-,23-,24-,26-,28+,29+/m0/s1. The van der Waals surface area contributed by atoms with Crippen LogP contribution < -0.4 is 5.32 Å². The van der Waals surface area contributed by atoms with Crippen LogP contribution >= 0.6 is 0 Å². The number of benzene rings is 1. The molecular formula is C29H32N2O5. The first kappa shape index (κ1) is 22.4. The van der Waals surface area contributed by atoms with Crippen molar-refractivity contribution >= 4 is 28.4 Å². The molecule has 36 heavy (non-hydrogen) atoms. The fourth-order valence-electron chi connectivity index (χ4n) is 7.74. The van der Waals surface area contributed by atoms with Gasteiger partial charge in [-0.15, -0.1) is 0 Å². The number of epoxide rings is 2. The van der Waals surface area contributed by atoms with Gasteiger partial charge in [0.15, 0.2) is 17.7 Å². The van der Waals surface area contributed by atoms with E-state index in [2.05, 4.69) is 42.4 Å². The molecule has 3 aliphatic heterocycles. The molecule has 2 aromatic rings.